The summed E-state index contributed by atoms with van der Waals surface area (Å²) >= 11 is 0. The summed E-state index contributed by atoms with van der Waals surface area (Å²) in [4.78, 5) is 26.6. The lowest BCUT2D eigenvalue weighted by Crippen LogP contribution is -2.39. The van der Waals surface area contributed by atoms with Crippen LogP contribution in [0.15, 0.2) is 36.5 Å². The van der Waals surface area contributed by atoms with Gasteiger partial charge in [0.2, 0.25) is 11.8 Å². The molecule has 0 saturated carbocycles. The number of benzene rings is 1. The number of primary amides is 1. The van der Waals surface area contributed by atoms with Crippen LogP contribution in [0, 0.1) is 0 Å². The van der Waals surface area contributed by atoms with Gasteiger partial charge in [-0.25, -0.2) is 0 Å². The van der Waals surface area contributed by atoms with Gasteiger partial charge in [0.15, 0.2) is 0 Å². The molecule has 0 fully saturated rings. The number of nitrogens with one attached hydrogen (secondary N) is 1. The van der Waals surface area contributed by atoms with E-state index in [1.165, 1.54) is 6.20 Å². The summed E-state index contributed by atoms with van der Waals surface area (Å²) in [5, 5.41) is 3.51. The Morgan fingerprint density at radius 2 is 2.05 bits per heavy atom. The summed E-state index contributed by atoms with van der Waals surface area (Å²) in [5.41, 5.74) is 11.9. The van der Waals surface area contributed by atoms with Gasteiger partial charge in [-0.3, -0.25) is 14.6 Å². The third kappa shape index (κ3) is 3.26. The molecule has 1 aromatic carbocycles. The molecule has 6 heteroatoms. The Morgan fingerprint density at radius 3 is 2.79 bits per heavy atom. The number of nitrogens with zero attached hydrogens (tertiary/aromatic N) is 1. The normalized spacial score (nSPS) is 12.1. The third-order valence-electron chi connectivity index (χ3n) is 2.62. The van der Waals surface area contributed by atoms with Gasteiger partial charge in [0.1, 0.15) is 0 Å². The number of nitrogens with two attached hydrogens (primary N) is 2. The second-order valence-corrected chi connectivity index (χ2v) is 4.18. The molecule has 2 rings (SSSR count). The largest absolute Gasteiger partial charge is 0.370 e. The zero-order valence-corrected chi connectivity index (χ0v) is 10.2. The van der Waals surface area contributed by atoms with Gasteiger partial charge >= 0.3 is 0 Å². The van der Waals surface area contributed by atoms with Crippen molar-refractivity contribution in [2.24, 2.45) is 11.5 Å². The molecule has 0 radical (unpaired) electrons. The second kappa shape index (κ2) is 5.45. The number of hydrogen-bond acceptors (Lipinski definition) is 4. The van der Waals surface area contributed by atoms with Gasteiger partial charge in [0, 0.05) is 5.39 Å². The van der Waals surface area contributed by atoms with E-state index in [1.807, 2.05) is 24.3 Å². The average molecular weight is 258 g/mol. The molecular weight excluding hydrogens is 244 g/mol. The molecule has 0 spiro atoms. The number of aromatic nitrogens is 1. The predicted octanol–water partition coefficient (Wildman–Crippen LogP) is 0.376. The van der Waals surface area contributed by atoms with E-state index in [0.717, 1.165) is 10.9 Å². The highest BCUT2D eigenvalue weighted by atomic mass is 16.2. The summed E-state index contributed by atoms with van der Waals surface area (Å²) in [5.74, 6) is -1.07. The molecule has 1 unspecified atom stereocenters. The number of carbonyl (C=O) groups excluding carboxylic acids is 2. The van der Waals surface area contributed by atoms with Crippen molar-refractivity contribution in [2.75, 3.05) is 5.32 Å². The molecule has 0 aliphatic rings. The fourth-order valence-corrected chi connectivity index (χ4v) is 1.68. The Bertz CT molecular complexity index is 627. The standard InChI is InChI=1S/C13H14N4O2/c14-10(6-12(15)18)13(19)17-9-5-8-3-1-2-4-11(8)16-7-9/h1-5,7,10H,6,14H2,(H2,15,18)(H,17,19). The summed E-state index contributed by atoms with van der Waals surface area (Å²) in [6.45, 7) is 0. The highest BCUT2D eigenvalue weighted by Crippen LogP contribution is 2.16. The van der Waals surface area contributed by atoms with Crippen molar-refractivity contribution >= 4 is 28.4 Å². The molecule has 6 nitrogen and oxygen atoms in total. The van der Waals surface area contributed by atoms with Gasteiger partial charge < -0.3 is 16.8 Å². The monoisotopic (exact) mass is 258 g/mol. The Labute approximate surface area is 109 Å². The van der Waals surface area contributed by atoms with Crippen LogP contribution in [0.25, 0.3) is 10.9 Å². The number of amides is 2. The topological polar surface area (TPSA) is 111 Å². The quantitative estimate of drug-likeness (QED) is 0.735. The Hall–Kier alpha value is -2.47. The molecule has 0 aliphatic carbocycles. The molecule has 0 aliphatic heterocycles. The number of carbonyl (C=O) groups is 2. The molecule has 19 heavy (non-hydrogen) atoms. The van der Waals surface area contributed by atoms with E-state index >= 15 is 0 Å². The highest BCUT2D eigenvalue weighted by molar-refractivity contribution is 5.98. The summed E-state index contributed by atoms with van der Waals surface area (Å²) < 4.78 is 0. The van der Waals surface area contributed by atoms with Gasteiger partial charge in [-0.1, -0.05) is 18.2 Å². The molecule has 1 heterocycles. The molecule has 1 aromatic heterocycles. The lowest BCUT2D eigenvalue weighted by molar-refractivity contribution is -0.123. The minimum absolute atomic E-state index is 0.188. The van der Waals surface area contributed by atoms with E-state index in [2.05, 4.69) is 10.3 Å². The van der Waals surface area contributed by atoms with E-state index in [4.69, 9.17) is 11.5 Å². The van der Waals surface area contributed by atoms with Crippen LogP contribution in [0.1, 0.15) is 6.42 Å². The van der Waals surface area contributed by atoms with E-state index in [-0.39, 0.29) is 6.42 Å². The smallest absolute Gasteiger partial charge is 0.241 e. The molecule has 2 aromatic rings. The van der Waals surface area contributed by atoms with Gasteiger partial charge in [-0.05, 0) is 12.1 Å². The molecule has 0 bridgehead atoms. The lowest BCUT2D eigenvalue weighted by atomic mass is 10.2. The van der Waals surface area contributed by atoms with Crippen LogP contribution in [-0.2, 0) is 9.59 Å². The Morgan fingerprint density at radius 1 is 1.32 bits per heavy atom. The first kappa shape index (κ1) is 13.0. The number of anilines is 1. The van der Waals surface area contributed by atoms with Gasteiger partial charge in [0.25, 0.3) is 0 Å². The van der Waals surface area contributed by atoms with Crippen molar-refractivity contribution in [3.8, 4) is 0 Å². The van der Waals surface area contributed by atoms with E-state index in [0.29, 0.717) is 5.69 Å². The van der Waals surface area contributed by atoms with Crippen LogP contribution in [0.2, 0.25) is 0 Å². The molecule has 0 saturated heterocycles. The van der Waals surface area contributed by atoms with Crippen molar-refractivity contribution in [1.82, 2.24) is 4.98 Å². The summed E-state index contributed by atoms with van der Waals surface area (Å²) in [6.07, 6.45) is 1.35. The lowest BCUT2D eigenvalue weighted by Gasteiger charge is -2.10. The van der Waals surface area contributed by atoms with Gasteiger partial charge in [-0.15, -0.1) is 0 Å². The van der Waals surface area contributed by atoms with Crippen LogP contribution >= 0.6 is 0 Å². The van der Waals surface area contributed by atoms with Crippen LogP contribution in [0.3, 0.4) is 0 Å². The zero-order chi connectivity index (χ0) is 13.8. The third-order valence-corrected chi connectivity index (χ3v) is 2.62. The molecule has 5 N–H and O–H groups in total. The number of rotatable bonds is 4. The molecular formula is C13H14N4O2. The van der Waals surface area contributed by atoms with Crippen molar-refractivity contribution in [2.45, 2.75) is 12.5 Å². The fraction of sp³-hybridized carbons (Fsp3) is 0.154. The fourth-order valence-electron chi connectivity index (χ4n) is 1.68. The number of hydrogen-bond donors (Lipinski definition) is 3. The van der Waals surface area contributed by atoms with Crippen LogP contribution in [0.5, 0.6) is 0 Å². The van der Waals surface area contributed by atoms with Gasteiger partial charge in [-0.2, -0.15) is 0 Å². The second-order valence-electron chi connectivity index (χ2n) is 4.18. The maximum atomic E-state index is 11.7. The Kier molecular flexibility index (Phi) is 3.72. The first-order valence-electron chi connectivity index (χ1n) is 5.76. The van der Waals surface area contributed by atoms with E-state index < -0.39 is 17.9 Å². The van der Waals surface area contributed by atoms with Crippen molar-refractivity contribution in [3.05, 3.63) is 36.5 Å². The molecule has 98 valence electrons. The zero-order valence-electron chi connectivity index (χ0n) is 10.2. The number of pyridine rings is 1. The summed E-state index contributed by atoms with van der Waals surface area (Å²) in [7, 11) is 0. The number of fused-ring (bicyclic) bond motifs is 1. The van der Waals surface area contributed by atoms with E-state index in [9.17, 15) is 9.59 Å². The molecule has 1 atom stereocenters. The van der Waals surface area contributed by atoms with Gasteiger partial charge in [0.05, 0.1) is 29.9 Å². The van der Waals surface area contributed by atoms with Crippen LogP contribution in [-0.4, -0.2) is 22.8 Å². The van der Waals surface area contributed by atoms with Crippen LogP contribution < -0.4 is 16.8 Å². The SMILES string of the molecule is NC(=O)CC(N)C(=O)Nc1cnc2ccccc2c1. The maximum absolute atomic E-state index is 11.7. The minimum Gasteiger partial charge on any atom is -0.370 e. The highest BCUT2D eigenvalue weighted by Gasteiger charge is 2.16. The van der Waals surface area contributed by atoms with Crippen LogP contribution in [0.4, 0.5) is 5.69 Å². The summed E-state index contributed by atoms with van der Waals surface area (Å²) in [6, 6.07) is 8.37. The average Bonchev–Trinajstić information content (AvgIpc) is 2.37. The first-order valence-corrected chi connectivity index (χ1v) is 5.76. The first-order chi connectivity index (χ1) is 9.06. The number of para-hydroxylation sites is 1. The maximum Gasteiger partial charge on any atom is 0.241 e. The minimum atomic E-state index is -0.955. The van der Waals surface area contributed by atoms with E-state index in [1.54, 1.807) is 6.07 Å². The molecule has 2 amide bonds. The Balaban J connectivity index is 2.12. The van der Waals surface area contributed by atoms with Crippen molar-refractivity contribution < 1.29 is 9.59 Å². The van der Waals surface area contributed by atoms with Crippen molar-refractivity contribution in [3.63, 3.8) is 0 Å². The van der Waals surface area contributed by atoms with Crippen molar-refractivity contribution in [1.29, 1.82) is 0 Å². The predicted molar refractivity (Wildman–Crippen MR) is 72.2 cm³/mol.